The van der Waals surface area contributed by atoms with E-state index < -0.39 is 11.6 Å². The van der Waals surface area contributed by atoms with Crippen molar-refractivity contribution in [2.75, 3.05) is 6.54 Å². The first-order valence-corrected chi connectivity index (χ1v) is 8.29. The number of rotatable bonds is 8. The molecular weight excluding hydrogens is 288 g/mol. The third kappa shape index (κ3) is 4.90. The summed E-state index contributed by atoms with van der Waals surface area (Å²) < 4.78 is 27.0. The summed E-state index contributed by atoms with van der Waals surface area (Å²) in [6.07, 6.45) is 3.83. The molecule has 0 fully saturated rings. The van der Waals surface area contributed by atoms with Crippen molar-refractivity contribution in [3.8, 4) is 0 Å². The molecule has 1 N–H and O–H groups in total. The average Bonchev–Trinajstić information content (AvgIpc) is 2.96. The Morgan fingerprint density at radius 3 is 2.76 bits per heavy atom. The van der Waals surface area contributed by atoms with E-state index >= 15 is 0 Å². The van der Waals surface area contributed by atoms with Crippen LogP contribution in [0.1, 0.15) is 42.7 Å². The minimum atomic E-state index is -0.524. The lowest BCUT2D eigenvalue weighted by atomic mass is 9.99. The van der Waals surface area contributed by atoms with Crippen molar-refractivity contribution < 1.29 is 8.78 Å². The van der Waals surface area contributed by atoms with Crippen molar-refractivity contribution in [2.45, 2.75) is 38.6 Å². The molecule has 1 heterocycles. The largest absolute Gasteiger partial charge is 0.310 e. The molecule has 2 rings (SSSR count). The van der Waals surface area contributed by atoms with Crippen LogP contribution in [0.2, 0.25) is 0 Å². The zero-order valence-electron chi connectivity index (χ0n) is 12.2. The molecule has 21 heavy (non-hydrogen) atoms. The van der Waals surface area contributed by atoms with Gasteiger partial charge in [-0.25, -0.2) is 8.78 Å². The van der Waals surface area contributed by atoms with Crippen molar-refractivity contribution in [3.05, 3.63) is 57.8 Å². The van der Waals surface area contributed by atoms with Gasteiger partial charge in [-0.3, -0.25) is 0 Å². The zero-order chi connectivity index (χ0) is 15.1. The van der Waals surface area contributed by atoms with Gasteiger partial charge in [-0.15, -0.1) is 11.3 Å². The Morgan fingerprint density at radius 1 is 1.24 bits per heavy atom. The minimum Gasteiger partial charge on any atom is -0.310 e. The number of aryl methyl sites for hydroxylation is 1. The van der Waals surface area contributed by atoms with Gasteiger partial charge in [0.15, 0.2) is 0 Å². The lowest BCUT2D eigenvalue weighted by molar-refractivity contribution is 0.459. The topological polar surface area (TPSA) is 12.0 Å². The number of halogens is 2. The smallest absolute Gasteiger partial charge is 0.130 e. The molecule has 0 spiro atoms. The lowest BCUT2D eigenvalue weighted by Gasteiger charge is -2.19. The predicted molar refractivity (Wildman–Crippen MR) is 84.6 cm³/mol. The number of thiophene rings is 1. The standard InChI is InChI=1S/C17H21F2NS/c1-2-10-20-17(7-3-5-14-6-4-11-21-14)15-9-8-13(18)12-16(15)19/h4,6,8-9,11-12,17,20H,2-3,5,7,10H2,1H3. The molecule has 1 unspecified atom stereocenters. The average molecular weight is 309 g/mol. The van der Waals surface area contributed by atoms with Crippen molar-refractivity contribution in [1.82, 2.24) is 5.32 Å². The van der Waals surface area contributed by atoms with Crippen LogP contribution in [-0.4, -0.2) is 6.54 Å². The Hall–Kier alpha value is -1.26. The predicted octanol–water partition coefficient (Wildman–Crippen LogP) is 5.09. The van der Waals surface area contributed by atoms with Gasteiger partial charge in [-0.1, -0.05) is 19.1 Å². The lowest BCUT2D eigenvalue weighted by Crippen LogP contribution is -2.23. The SMILES string of the molecule is CCCNC(CCCc1cccs1)c1ccc(F)cc1F. The van der Waals surface area contributed by atoms with Crippen LogP contribution in [0.3, 0.4) is 0 Å². The van der Waals surface area contributed by atoms with E-state index in [-0.39, 0.29) is 6.04 Å². The van der Waals surface area contributed by atoms with Crippen LogP contribution >= 0.6 is 11.3 Å². The van der Waals surface area contributed by atoms with E-state index in [9.17, 15) is 8.78 Å². The van der Waals surface area contributed by atoms with Gasteiger partial charge in [0.2, 0.25) is 0 Å². The van der Waals surface area contributed by atoms with Crippen LogP contribution in [-0.2, 0) is 6.42 Å². The van der Waals surface area contributed by atoms with Crippen LogP contribution in [0.25, 0.3) is 0 Å². The molecule has 0 amide bonds. The summed E-state index contributed by atoms with van der Waals surface area (Å²) in [7, 11) is 0. The maximum absolute atomic E-state index is 14.0. The van der Waals surface area contributed by atoms with Gasteiger partial charge in [0.05, 0.1) is 0 Å². The van der Waals surface area contributed by atoms with Gasteiger partial charge in [0.25, 0.3) is 0 Å². The van der Waals surface area contributed by atoms with Crippen LogP contribution in [0, 0.1) is 11.6 Å². The molecule has 1 aromatic carbocycles. The van der Waals surface area contributed by atoms with E-state index in [1.54, 1.807) is 17.4 Å². The van der Waals surface area contributed by atoms with E-state index in [4.69, 9.17) is 0 Å². The molecule has 0 radical (unpaired) electrons. The maximum atomic E-state index is 14.0. The molecule has 2 aromatic rings. The first-order chi connectivity index (χ1) is 10.2. The maximum Gasteiger partial charge on any atom is 0.130 e. The monoisotopic (exact) mass is 309 g/mol. The quantitative estimate of drug-likeness (QED) is 0.716. The van der Waals surface area contributed by atoms with Crippen molar-refractivity contribution in [1.29, 1.82) is 0 Å². The summed E-state index contributed by atoms with van der Waals surface area (Å²) in [5.74, 6) is -0.983. The van der Waals surface area contributed by atoms with E-state index in [0.717, 1.165) is 38.3 Å². The minimum absolute atomic E-state index is 0.0505. The molecule has 1 atom stereocenters. The highest BCUT2D eigenvalue weighted by atomic mass is 32.1. The number of hydrogen-bond acceptors (Lipinski definition) is 2. The summed E-state index contributed by atoms with van der Waals surface area (Å²) >= 11 is 1.75. The van der Waals surface area contributed by atoms with Gasteiger partial charge >= 0.3 is 0 Å². The Morgan fingerprint density at radius 2 is 2.10 bits per heavy atom. The van der Waals surface area contributed by atoms with E-state index in [1.807, 2.05) is 6.07 Å². The molecule has 0 aliphatic rings. The first-order valence-electron chi connectivity index (χ1n) is 7.41. The van der Waals surface area contributed by atoms with Crippen LogP contribution in [0.5, 0.6) is 0 Å². The van der Waals surface area contributed by atoms with E-state index in [1.165, 1.54) is 10.9 Å². The molecule has 1 nitrogen and oxygen atoms in total. The molecule has 114 valence electrons. The normalized spacial score (nSPS) is 12.5. The second kappa shape index (κ2) is 8.25. The van der Waals surface area contributed by atoms with Gasteiger partial charge in [-0.2, -0.15) is 0 Å². The van der Waals surface area contributed by atoms with Gasteiger partial charge in [-0.05, 0) is 49.7 Å². The fraction of sp³-hybridized carbons (Fsp3) is 0.412. The Balaban J connectivity index is 1.99. The first kappa shape index (κ1) is 16.1. The molecule has 0 aliphatic heterocycles. The van der Waals surface area contributed by atoms with Crippen LogP contribution < -0.4 is 5.32 Å². The number of benzene rings is 1. The zero-order valence-corrected chi connectivity index (χ0v) is 13.1. The van der Waals surface area contributed by atoms with Crippen LogP contribution in [0.15, 0.2) is 35.7 Å². The van der Waals surface area contributed by atoms with E-state index in [2.05, 4.69) is 23.7 Å². The molecule has 1 aromatic heterocycles. The number of nitrogens with one attached hydrogen (secondary N) is 1. The fourth-order valence-electron chi connectivity index (χ4n) is 2.41. The highest BCUT2D eigenvalue weighted by Gasteiger charge is 2.15. The Kier molecular flexibility index (Phi) is 6.33. The third-order valence-corrected chi connectivity index (χ3v) is 4.41. The molecule has 0 saturated carbocycles. The number of hydrogen-bond donors (Lipinski definition) is 1. The Bertz CT molecular complexity index is 540. The summed E-state index contributed by atoms with van der Waals surface area (Å²) in [6, 6.07) is 7.98. The highest BCUT2D eigenvalue weighted by molar-refractivity contribution is 7.09. The van der Waals surface area contributed by atoms with E-state index in [0.29, 0.717) is 5.56 Å². The fourth-order valence-corrected chi connectivity index (χ4v) is 3.16. The molecule has 0 saturated heterocycles. The van der Waals surface area contributed by atoms with Crippen molar-refractivity contribution in [3.63, 3.8) is 0 Å². The second-order valence-electron chi connectivity index (χ2n) is 5.14. The van der Waals surface area contributed by atoms with Gasteiger partial charge in [0, 0.05) is 22.5 Å². The molecule has 0 aliphatic carbocycles. The highest BCUT2D eigenvalue weighted by Crippen LogP contribution is 2.24. The van der Waals surface area contributed by atoms with Crippen molar-refractivity contribution >= 4 is 11.3 Å². The summed E-state index contributed by atoms with van der Waals surface area (Å²) in [6.45, 7) is 2.91. The third-order valence-electron chi connectivity index (χ3n) is 3.47. The summed E-state index contributed by atoms with van der Waals surface area (Å²) in [5, 5.41) is 5.44. The van der Waals surface area contributed by atoms with Crippen LogP contribution in [0.4, 0.5) is 8.78 Å². The molecular formula is C17H21F2NS. The summed E-state index contributed by atoms with van der Waals surface area (Å²) in [5.41, 5.74) is 0.566. The van der Waals surface area contributed by atoms with Gasteiger partial charge in [0.1, 0.15) is 11.6 Å². The van der Waals surface area contributed by atoms with Crippen molar-refractivity contribution in [2.24, 2.45) is 0 Å². The van der Waals surface area contributed by atoms with Gasteiger partial charge < -0.3 is 5.32 Å². The second-order valence-corrected chi connectivity index (χ2v) is 6.18. The summed E-state index contributed by atoms with van der Waals surface area (Å²) in [4.78, 5) is 1.35. The molecule has 0 bridgehead atoms. The molecule has 4 heteroatoms. The Labute approximate surface area is 129 Å².